The predicted molar refractivity (Wildman–Crippen MR) is 122 cm³/mol. The van der Waals surface area contributed by atoms with Crippen molar-refractivity contribution in [3.05, 3.63) is 84.1 Å². The van der Waals surface area contributed by atoms with Crippen LogP contribution < -0.4 is 19.9 Å². The summed E-state index contributed by atoms with van der Waals surface area (Å²) >= 11 is 0. The van der Waals surface area contributed by atoms with Gasteiger partial charge in [0.2, 0.25) is 5.95 Å². The van der Waals surface area contributed by atoms with Crippen LogP contribution in [0.4, 0.5) is 5.95 Å². The largest absolute Gasteiger partial charge is 0.507 e. The Bertz CT molecular complexity index is 1230. The van der Waals surface area contributed by atoms with Gasteiger partial charge in [-0.3, -0.25) is 0 Å². The van der Waals surface area contributed by atoms with Crippen LogP contribution in [0.1, 0.15) is 11.1 Å². The van der Waals surface area contributed by atoms with E-state index < -0.39 is 0 Å². The first-order valence-corrected chi connectivity index (χ1v) is 9.98. The average molecular weight is 429 g/mol. The molecule has 1 heterocycles. The van der Waals surface area contributed by atoms with Crippen LogP contribution in [0, 0.1) is 6.92 Å². The van der Waals surface area contributed by atoms with Gasteiger partial charge in [-0.05, 0) is 36.8 Å². The molecule has 0 aliphatic heterocycles. The summed E-state index contributed by atoms with van der Waals surface area (Å²) in [6, 6.07) is 20.2. The van der Waals surface area contributed by atoms with Crippen LogP contribution in [-0.2, 0) is 6.61 Å². The van der Waals surface area contributed by atoms with Crippen molar-refractivity contribution in [1.29, 1.82) is 0 Å². The van der Waals surface area contributed by atoms with Crippen LogP contribution in [0.5, 0.6) is 28.7 Å². The molecule has 0 saturated heterocycles. The molecule has 1 aromatic heterocycles. The lowest BCUT2D eigenvalue weighted by molar-refractivity contribution is 0.304. The number of anilines is 1. The van der Waals surface area contributed by atoms with Crippen molar-refractivity contribution in [3.8, 4) is 40.0 Å². The molecule has 4 aromatic rings. The number of nitrogens with zero attached hydrogens (tertiary/aromatic N) is 2. The zero-order chi connectivity index (χ0) is 22.5. The number of methoxy groups -OCH3 is 1. The average Bonchev–Trinajstić information content (AvgIpc) is 2.80. The molecule has 0 aliphatic rings. The fourth-order valence-corrected chi connectivity index (χ4v) is 3.10. The summed E-state index contributed by atoms with van der Waals surface area (Å²) in [7, 11) is 1.58. The summed E-state index contributed by atoms with van der Waals surface area (Å²) in [6.45, 7) is 2.43. The molecule has 0 atom stereocenters. The Labute approximate surface area is 186 Å². The maximum absolute atomic E-state index is 10.7. The second-order valence-corrected chi connectivity index (χ2v) is 7.18. The van der Waals surface area contributed by atoms with Crippen molar-refractivity contribution >= 4 is 5.95 Å². The molecule has 32 heavy (non-hydrogen) atoms. The molecule has 0 bridgehead atoms. The van der Waals surface area contributed by atoms with Crippen molar-refractivity contribution < 1.29 is 19.3 Å². The number of rotatable bonds is 7. The monoisotopic (exact) mass is 429 g/mol. The van der Waals surface area contributed by atoms with Gasteiger partial charge >= 0.3 is 0 Å². The van der Waals surface area contributed by atoms with E-state index in [-0.39, 0.29) is 11.7 Å². The first kappa shape index (κ1) is 21.0. The third-order valence-corrected chi connectivity index (χ3v) is 4.79. The highest BCUT2D eigenvalue weighted by Crippen LogP contribution is 2.38. The van der Waals surface area contributed by atoms with Crippen LogP contribution in [0.25, 0.3) is 11.3 Å². The van der Waals surface area contributed by atoms with E-state index in [9.17, 15) is 5.11 Å². The zero-order valence-electron chi connectivity index (χ0n) is 17.8. The highest BCUT2D eigenvalue weighted by atomic mass is 16.5. The molecule has 7 heteroatoms. The Morgan fingerprint density at radius 3 is 2.47 bits per heavy atom. The molecular weight excluding hydrogens is 406 g/mol. The first-order chi connectivity index (χ1) is 15.5. The minimum absolute atomic E-state index is 0.0139. The minimum atomic E-state index is -0.0139. The number of phenolic OH excluding ortho intramolecular Hbond substituents is 1. The van der Waals surface area contributed by atoms with E-state index in [0.717, 1.165) is 5.56 Å². The van der Waals surface area contributed by atoms with Gasteiger partial charge in [0.15, 0.2) is 5.75 Å². The Kier molecular flexibility index (Phi) is 6.07. The molecule has 3 N–H and O–H groups in total. The summed E-state index contributed by atoms with van der Waals surface area (Å²) in [5.74, 6) is 2.12. The summed E-state index contributed by atoms with van der Waals surface area (Å²) in [5, 5.41) is 10.7. The standard InChI is InChI=1S/C25H23N3O4/c1-16-6-8-17(9-7-16)15-31-19-10-11-21(22(29)13-19)24-23(14-27-25(26)28-24)32-20-5-3-4-18(12-20)30-2/h3-14,29H,15H2,1-2H3,(H2,26,27,28). The Hall–Kier alpha value is -4.26. The number of hydrogen-bond donors (Lipinski definition) is 2. The Morgan fingerprint density at radius 1 is 0.938 bits per heavy atom. The summed E-state index contributed by atoms with van der Waals surface area (Å²) in [6.07, 6.45) is 1.47. The lowest BCUT2D eigenvalue weighted by atomic mass is 10.1. The zero-order valence-corrected chi connectivity index (χ0v) is 17.8. The van der Waals surface area contributed by atoms with Crippen molar-refractivity contribution in [2.24, 2.45) is 0 Å². The summed E-state index contributed by atoms with van der Waals surface area (Å²) in [4.78, 5) is 8.31. The van der Waals surface area contributed by atoms with Crippen molar-refractivity contribution in [2.75, 3.05) is 12.8 Å². The maximum Gasteiger partial charge on any atom is 0.220 e. The van der Waals surface area contributed by atoms with Crippen molar-refractivity contribution in [1.82, 2.24) is 9.97 Å². The number of nitrogen functional groups attached to an aromatic ring is 1. The third kappa shape index (κ3) is 4.89. The van der Waals surface area contributed by atoms with Gasteiger partial charge in [-0.2, -0.15) is 0 Å². The van der Waals surface area contributed by atoms with Crippen LogP contribution in [0.2, 0.25) is 0 Å². The second kappa shape index (κ2) is 9.26. The summed E-state index contributed by atoms with van der Waals surface area (Å²) in [5.41, 5.74) is 8.84. The number of ether oxygens (including phenoxy) is 3. The number of benzene rings is 3. The number of nitrogens with two attached hydrogens (primary N) is 1. The fraction of sp³-hybridized carbons (Fsp3) is 0.120. The van der Waals surface area contributed by atoms with Gasteiger partial charge in [0.1, 0.15) is 35.3 Å². The highest BCUT2D eigenvalue weighted by molar-refractivity contribution is 5.73. The molecular formula is C25H23N3O4. The van der Waals surface area contributed by atoms with Gasteiger partial charge in [0.05, 0.1) is 13.3 Å². The smallest absolute Gasteiger partial charge is 0.220 e. The van der Waals surface area contributed by atoms with Crippen LogP contribution in [-0.4, -0.2) is 22.2 Å². The fourth-order valence-electron chi connectivity index (χ4n) is 3.10. The predicted octanol–water partition coefficient (Wildman–Crippen LogP) is 5.12. The number of aromatic nitrogens is 2. The van der Waals surface area contributed by atoms with E-state index >= 15 is 0 Å². The van der Waals surface area contributed by atoms with Gasteiger partial charge in [-0.1, -0.05) is 35.9 Å². The molecule has 4 rings (SSSR count). The number of aromatic hydroxyl groups is 1. The van der Waals surface area contributed by atoms with E-state index in [2.05, 4.69) is 9.97 Å². The molecule has 162 valence electrons. The van der Waals surface area contributed by atoms with Gasteiger partial charge in [-0.25, -0.2) is 9.97 Å². The van der Waals surface area contributed by atoms with E-state index in [1.165, 1.54) is 17.8 Å². The molecule has 0 spiro atoms. The van der Waals surface area contributed by atoms with E-state index in [0.29, 0.717) is 40.9 Å². The lowest BCUT2D eigenvalue weighted by Crippen LogP contribution is -2.00. The highest BCUT2D eigenvalue weighted by Gasteiger charge is 2.16. The second-order valence-electron chi connectivity index (χ2n) is 7.18. The van der Waals surface area contributed by atoms with Crippen LogP contribution >= 0.6 is 0 Å². The minimum Gasteiger partial charge on any atom is -0.507 e. The summed E-state index contributed by atoms with van der Waals surface area (Å²) < 4.78 is 17.0. The SMILES string of the molecule is COc1cccc(Oc2cnc(N)nc2-c2ccc(OCc3ccc(C)cc3)cc2O)c1. The van der Waals surface area contributed by atoms with Gasteiger partial charge < -0.3 is 25.1 Å². The maximum atomic E-state index is 10.7. The molecule has 0 radical (unpaired) electrons. The van der Waals surface area contributed by atoms with Gasteiger partial charge in [0.25, 0.3) is 0 Å². The van der Waals surface area contributed by atoms with Crippen LogP contribution in [0.15, 0.2) is 72.9 Å². The topological polar surface area (TPSA) is 99.7 Å². The normalized spacial score (nSPS) is 10.6. The van der Waals surface area contributed by atoms with Crippen molar-refractivity contribution in [3.63, 3.8) is 0 Å². The van der Waals surface area contributed by atoms with Gasteiger partial charge in [-0.15, -0.1) is 0 Å². The van der Waals surface area contributed by atoms with E-state index in [1.54, 1.807) is 31.4 Å². The lowest BCUT2D eigenvalue weighted by Gasteiger charge is -2.13. The number of phenols is 1. The first-order valence-electron chi connectivity index (χ1n) is 9.98. The molecule has 0 unspecified atom stereocenters. The van der Waals surface area contributed by atoms with E-state index in [1.807, 2.05) is 43.3 Å². The van der Waals surface area contributed by atoms with E-state index in [4.69, 9.17) is 19.9 Å². The Balaban J connectivity index is 1.58. The molecule has 3 aromatic carbocycles. The molecule has 0 amide bonds. The Morgan fingerprint density at radius 2 is 1.72 bits per heavy atom. The number of aryl methyl sites for hydroxylation is 1. The number of hydrogen-bond acceptors (Lipinski definition) is 7. The molecule has 0 saturated carbocycles. The third-order valence-electron chi connectivity index (χ3n) is 4.79. The van der Waals surface area contributed by atoms with Crippen molar-refractivity contribution in [2.45, 2.75) is 13.5 Å². The quantitative estimate of drug-likeness (QED) is 0.421. The van der Waals surface area contributed by atoms with Crippen LogP contribution in [0.3, 0.4) is 0 Å². The molecule has 0 aliphatic carbocycles. The molecule has 7 nitrogen and oxygen atoms in total. The van der Waals surface area contributed by atoms with Gasteiger partial charge in [0, 0.05) is 17.7 Å². The molecule has 0 fully saturated rings.